The van der Waals surface area contributed by atoms with Crippen molar-refractivity contribution < 1.29 is 9.53 Å². The molecular weight excluding hydrogens is 464 g/mol. The maximum atomic E-state index is 13.0. The van der Waals surface area contributed by atoms with Gasteiger partial charge in [-0.15, -0.1) is 0 Å². The van der Waals surface area contributed by atoms with Crippen molar-refractivity contribution in [1.82, 2.24) is 19.4 Å². The average Bonchev–Trinajstić information content (AvgIpc) is 3.49. The number of esters is 1. The number of pyridine rings is 1. The van der Waals surface area contributed by atoms with Gasteiger partial charge in [-0.2, -0.15) is 0 Å². The van der Waals surface area contributed by atoms with Gasteiger partial charge in [-0.1, -0.05) is 19.9 Å². The first-order valence-electron chi connectivity index (χ1n) is 13.8. The van der Waals surface area contributed by atoms with Gasteiger partial charge in [0.15, 0.2) is 0 Å². The van der Waals surface area contributed by atoms with Gasteiger partial charge in [0, 0.05) is 30.4 Å². The zero-order valence-corrected chi connectivity index (χ0v) is 23.0. The summed E-state index contributed by atoms with van der Waals surface area (Å²) >= 11 is 0. The SMILES string of the molecule is Cc1cc(-c2nc3cc(CC[C@@H](CC(C)C)C(=O)OC4CCCC4)ccc3n2CCN(C)C)c[nH]c1=O. The molecule has 7 heteroatoms. The maximum Gasteiger partial charge on any atom is 0.309 e. The number of ether oxygens (including phenoxy) is 1. The van der Waals surface area contributed by atoms with Crippen molar-refractivity contribution in [3.63, 3.8) is 0 Å². The third-order valence-corrected chi connectivity index (χ3v) is 7.39. The summed E-state index contributed by atoms with van der Waals surface area (Å²) in [6.07, 6.45) is 8.63. The summed E-state index contributed by atoms with van der Waals surface area (Å²) in [4.78, 5) is 34.9. The maximum absolute atomic E-state index is 13.0. The van der Waals surface area contributed by atoms with Crippen LogP contribution in [0.1, 0.15) is 63.5 Å². The molecule has 1 N–H and O–H groups in total. The van der Waals surface area contributed by atoms with E-state index in [9.17, 15) is 9.59 Å². The largest absolute Gasteiger partial charge is 0.462 e. The molecule has 0 saturated heterocycles. The van der Waals surface area contributed by atoms with E-state index in [2.05, 4.69) is 60.6 Å². The fourth-order valence-corrected chi connectivity index (χ4v) is 5.31. The Balaban J connectivity index is 1.57. The third kappa shape index (κ3) is 6.89. The molecule has 37 heavy (non-hydrogen) atoms. The van der Waals surface area contributed by atoms with Gasteiger partial charge in [0.2, 0.25) is 0 Å². The summed E-state index contributed by atoms with van der Waals surface area (Å²) in [7, 11) is 4.12. The van der Waals surface area contributed by atoms with Crippen molar-refractivity contribution >= 4 is 17.0 Å². The molecule has 0 amide bonds. The standard InChI is InChI=1S/C30H42N4O3/c1-20(2)16-23(30(36)37-25-8-6-7-9-25)12-10-22-11-13-27-26(18-22)32-28(34(27)15-14-33(4)5)24-17-21(3)29(35)31-19-24/h11,13,17-20,23,25H,6-10,12,14-16H2,1-5H3,(H,31,35)/t23-/m0/s1. The number of H-pyrrole nitrogens is 1. The minimum absolute atomic E-state index is 0.0228. The quantitative estimate of drug-likeness (QED) is 0.355. The van der Waals surface area contributed by atoms with Gasteiger partial charge in [-0.3, -0.25) is 9.59 Å². The van der Waals surface area contributed by atoms with E-state index in [1.54, 1.807) is 6.20 Å². The Bertz CT molecular complexity index is 1270. The lowest BCUT2D eigenvalue weighted by atomic mass is 9.91. The molecule has 1 fully saturated rings. The molecule has 4 rings (SSSR count). The predicted molar refractivity (Wildman–Crippen MR) is 149 cm³/mol. The van der Waals surface area contributed by atoms with E-state index < -0.39 is 0 Å². The first kappa shape index (κ1) is 27.1. The highest BCUT2D eigenvalue weighted by Gasteiger charge is 2.26. The highest BCUT2D eigenvalue weighted by molar-refractivity contribution is 5.81. The molecule has 0 aliphatic heterocycles. The van der Waals surface area contributed by atoms with Crippen molar-refractivity contribution in [1.29, 1.82) is 0 Å². The van der Waals surface area contributed by atoms with E-state index in [4.69, 9.17) is 9.72 Å². The molecule has 7 nitrogen and oxygen atoms in total. The number of aromatic nitrogens is 3. The Morgan fingerprint density at radius 1 is 1.22 bits per heavy atom. The molecule has 200 valence electrons. The molecule has 2 heterocycles. The molecule has 0 spiro atoms. The fraction of sp³-hybridized carbons (Fsp3) is 0.567. The number of nitrogens with zero attached hydrogens (tertiary/aromatic N) is 3. The highest BCUT2D eigenvalue weighted by Crippen LogP contribution is 2.28. The molecule has 1 aromatic carbocycles. The lowest BCUT2D eigenvalue weighted by Gasteiger charge is -2.20. The number of fused-ring (bicyclic) bond motifs is 1. The van der Waals surface area contributed by atoms with Crippen molar-refractivity contribution in [2.75, 3.05) is 20.6 Å². The van der Waals surface area contributed by atoms with Gasteiger partial charge < -0.3 is 19.2 Å². The second kappa shape index (κ2) is 12.1. The van der Waals surface area contributed by atoms with Crippen LogP contribution >= 0.6 is 0 Å². The topological polar surface area (TPSA) is 80.2 Å². The van der Waals surface area contributed by atoms with E-state index in [0.29, 0.717) is 11.5 Å². The van der Waals surface area contributed by atoms with Gasteiger partial charge in [-0.05, 0) is 95.6 Å². The van der Waals surface area contributed by atoms with Crippen LogP contribution in [0, 0.1) is 18.8 Å². The molecule has 1 atom stereocenters. The number of hydrogen-bond donors (Lipinski definition) is 1. The number of hydrogen-bond acceptors (Lipinski definition) is 5. The number of likely N-dealkylation sites (N-methyl/N-ethyl adjacent to an activating group) is 1. The molecule has 0 radical (unpaired) electrons. The second-order valence-electron chi connectivity index (χ2n) is 11.3. The highest BCUT2D eigenvalue weighted by atomic mass is 16.5. The number of imidazole rings is 1. The summed E-state index contributed by atoms with van der Waals surface area (Å²) in [6, 6.07) is 8.36. The predicted octanol–water partition coefficient (Wildman–Crippen LogP) is 5.34. The number of aryl methyl sites for hydroxylation is 2. The molecule has 0 unspecified atom stereocenters. The molecule has 1 saturated carbocycles. The molecular formula is C30H42N4O3. The smallest absolute Gasteiger partial charge is 0.309 e. The van der Waals surface area contributed by atoms with E-state index in [-0.39, 0.29) is 23.6 Å². The van der Waals surface area contributed by atoms with Gasteiger partial charge >= 0.3 is 5.97 Å². The van der Waals surface area contributed by atoms with Crippen molar-refractivity contribution in [2.45, 2.75) is 78.4 Å². The van der Waals surface area contributed by atoms with Gasteiger partial charge in [-0.25, -0.2) is 4.98 Å². The molecule has 2 aromatic heterocycles. The molecule has 1 aliphatic carbocycles. The van der Waals surface area contributed by atoms with Crippen molar-refractivity contribution in [3.8, 4) is 11.4 Å². The van der Waals surface area contributed by atoms with Crippen LogP contribution in [0.25, 0.3) is 22.4 Å². The minimum Gasteiger partial charge on any atom is -0.462 e. The van der Waals surface area contributed by atoms with Crippen LogP contribution in [0.15, 0.2) is 35.3 Å². The van der Waals surface area contributed by atoms with Crippen LogP contribution in [0.5, 0.6) is 0 Å². The average molecular weight is 507 g/mol. The Kier molecular flexibility index (Phi) is 8.85. The van der Waals surface area contributed by atoms with Crippen LogP contribution in [-0.4, -0.2) is 52.1 Å². The first-order chi connectivity index (χ1) is 17.7. The summed E-state index contributed by atoms with van der Waals surface area (Å²) in [6.45, 7) is 7.82. The lowest BCUT2D eigenvalue weighted by molar-refractivity contribution is -0.154. The molecule has 1 aliphatic rings. The monoisotopic (exact) mass is 506 g/mol. The third-order valence-electron chi connectivity index (χ3n) is 7.39. The Labute approximate surface area is 220 Å². The van der Waals surface area contributed by atoms with Crippen LogP contribution in [0.4, 0.5) is 0 Å². The Morgan fingerprint density at radius 2 is 1.97 bits per heavy atom. The number of carbonyl (C=O) groups excluding carboxylic acids is 1. The van der Waals surface area contributed by atoms with Gasteiger partial charge in [0.05, 0.1) is 17.0 Å². The molecule has 0 bridgehead atoms. The van der Waals surface area contributed by atoms with E-state index in [1.807, 2.05) is 13.0 Å². The normalized spacial score (nSPS) is 15.2. The number of nitrogens with one attached hydrogen (secondary N) is 1. The van der Waals surface area contributed by atoms with Crippen LogP contribution in [0.2, 0.25) is 0 Å². The summed E-state index contributed by atoms with van der Waals surface area (Å²) in [5, 5.41) is 0. The Hall–Kier alpha value is -2.93. The number of carbonyl (C=O) groups is 1. The summed E-state index contributed by atoms with van der Waals surface area (Å²) in [5.74, 6) is 1.20. The van der Waals surface area contributed by atoms with Crippen LogP contribution in [0.3, 0.4) is 0 Å². The van der Waals surface area contributed by atoms with Gasteiger partial charge in [0.25, 0.3) is 5.56 Å². The summed E-state index contributed by atoms with van der Waals surface area (Å²) < 4.78 is 8.11. The van der Waals surface area contributed by atoms with Gasteiger partial charge in [0.1, 0.15) is 11.9 Å². The van der Waals surface area contributed by atoms with Crippen LogP contribution in [-0.2, 0) is 22.5 Å². The van der Waals surface area contributed by atoms with E-state index >= 15 is 0 Å². The fourth-order valence-electron chi connectivity index (χ4n) is 5.31. The van der Waals surface area contributed by atoms with Crippen LogP contribution < -0.4 is 5.56 Å². The lowest BCUT2D eigenvalue weighted by Crippen LogP contribution is -2.24. The molecule has 3 aromatic rings. The zero-order valence-electron chi connectivity index (χ0n) is 23.0. The number of benzene rings is 1. The summed E-state index contributed by atoms with van der Waals surface area (Å²) in [5.41, 5.74) is 4.68. The Morgan fingerprint density at radius 3 is 2.65 bits per heavy atom. The van der Waals surface area contributed by atoms with Crippen molar-refractivity contribution in [2.24, 2.45) is 11.8 Å². The second-order valence-corrected chi connectivity index (χ2v) is 11.3. The first-order valence-corrected chi connectivity index (χ1v) is 13.8. The van der Waals surface area contributed by atoms with Crippen molar-refractivity contribution in [3.05, 3.63) is 51.9 Å². The minimum atomic E-state index is -0.0793. The number of rotatable bonds is 11. The van der Waals surface area contributed by atoms with E-state index in [1.165, 1.54) is 5.56 Å². The number of aromatic amines is 1. The zero-order chi connectivity index (χ0) is 26.5. The van der Waals surface area contributed by atoms with E-state index in [0.717, 1.165) is 80.5 Å².